The van der Waals surface area contributed by atoms with E-state index in [2.05, 4.69) is 19.7 Å². The number of nitrogens with zero attached hydrogens (tertiary/aromatic N) is 2. The number of aliphatic hydroxyl groups is 1. The van der Waals surface area contributed by atoms with E-state index in [-0.39, 0.29) is 22.7 Å². The molecular weight excluding hydrogens is 363 g/mol. The lowest BCUT2D eigenvalue weighted by Crippen LogP contribution is -2.45. The summed E-state index contributed by atoms with van der Waals surface area (Å²) in [6.07, 6.45) is -4.56. The summed E-state index contributed by atoms with van der Waals surface area (Å²) >= 11 is 0. The van der Waals surface area contributed by atoms with Crippen LogP contribution in [0.4, 0.5) is 22.0 Å². The van der Waals surface area contributed by atoms with Crippen molar-refractivity contribution in [1.82, 2.24) is 4.98 Å². The third-order valence-corrected chi connectivity index (χ3v) is 3.66. The minimum atomic E-state index is -4.99. The molecule has 0 radical (unpaired) electrons. The predicted octanol–water partition coefficient (Wildman–Crippen LogP) is 3.73. The van der Waals surface area contributed by atoms with E-state index in [1.807, 2.05) is 0 Å². The van der Waals surface area contributed by atoms with Gasteiger partial charge < -0.3 is 14.7 Å². The molecule has 0 aliphatic carbocycles. The van der Waals surface area contributed by atoms with Crippen LogP contribution in [0.3, 0.4) is 0 Å². The van der Waals surface area contributed by atoms with E-state index >= 15 is 0 Å². The second kappa shape index (κ2) is 6.52. The number of oxime groups is 1. The van der Waals surface area contributed by atoms with Crippen LogP contribution in [0.1, 0.15) is 12.0 Å². The van der Waals surface area contributed by atoms with Gasteiger partial charge in [0.05, 0.1) is 12.1 Å². The standard InChI is InChI=1S/C16H11F5N2O3/c17-14(18)25-13-11(2-1-7-22-13)9-3-5-10(6-4-9)12-8-15(24,26-23-12)16(19,20)21/h1-7,14,24H,8H2. The Balaban J connectivity index is 1.83. The monoisotopic (exact) mass is 374 g/mol. The summed E-state index contributed by atoms with van der Waals surface area (Å²) in [6, 6.07) is 8.87. The molecule has 26 heavy (non-hydrogen) atoms. The molecule has 0 fully saturated rings. The zero-order chi connectivity index (χ0) is 18.9. The van der Waals surface area contributed by atoms with Crippen LogP contribution in [-0.2, 0) is 4.84 Å². The maximum atomic E-state index is 12.7. The van der Waals surface area contributed by atoms with Gasteiger partial charge >= 0.3 is 18.6 Å². The summed E-state index contributed by atoms with van der Waals surface area (Å²) in [6.45, 7) is -3.05. The van der Waals surface area contributed by atoms with Crippen LogP contribution < -0.4 is 4.74 Å². The Kier molecular flexibility index (Phi) is 4.53. The molecule has 1 aliphatic rings. The maximum Gasteiger partial charge on any atom is 0.458 e. The zero-order valence-electron chi connectivity index (χ0n) is 12.9. The van der Waals surface area contributed by atoms with Gasteiger partial charge in [-0.25, -0.2) is 4.98 Å². The quantitative estimate of drug-likeness (QED) is 0.829. The summed E-state index contributed by atoms with van der Waals surface area (Å²) < 4.78 is 67.5. The van der Waals surface area contributed by atoms with Gasteiger partial charge in [0.25, 0.3) is 0 Å². The van der Waals surface area contributed by atoms with E-state index in [1.54, 1.807) is 0 Å². The van der Waals surface area contributed by atoms with Crippen LogP contribution in [0, 0.1) is 0 Å². The Hall–Kier alpha value is -2.75. The first-order valence-electron chi connectivity index (χ1n) is 7.24. The topological polar surface area (TPSA) is 63.9 Å². The number of rotatable bonds is 4. The normalized spacial score (nSPS) is 20.0. The number of benzene rings is 1. The van der Waals surface area contributed by atoms with Crippen molar-refractivity contribution in [3.63, 3.8) is 0 Å². The number of pyridine rings is 1. The molecule has 1 aromatic carbocycles. The number of halogens is 5. The lowest BCUT2D eigenvalue weighted by molar-refractivity contribution is -0.355. The fourth-order valence-electron chi connectivity index (χ4n) is 2.36. The van der Waals surface area contributed by atoms with Crippen LogP contribution in [0.5, 0.6) is 5.88 Å². The van der Waals surface area contributed by atoms with E-state index < -0.39 is 25.0 Å². The minimum absolute atomic E-state index is 0.0911. The first-order valence-corrected chi connectivity index (χ1v) is 7.24. The molecule has 5 nitrogen and oxygen atoms in total. The molecule has 1 aromatic heterocycles. The summed E-state index contributed by atoms with van der Waals surface area (Å²) in [5, 5.41) is 12.8. The fraction of sp³-hybridized carbons (Fsp3) is 0.250. The minimum Gasteiger partial charge on any atom is -0.416 e. The van der Waals surface area contributed by atoms with Gasteiger partial charge in [0.2, 0.25) is 5.88 Å². The Morgan fingerprint density at radius 1 is 1.12 bits per heavy atom. The second-order valence-corrected chi connectivity index (χ2v) is 5.40. The molecule has 0 amide bonds. The lowest BCUT2D eigenvalue weighted by Gasteiger charge is -2.22. The zero-order valence-corrected chi connectivity index (χ0v) is 12.9. The van der Waals surface area contributed by atoms with Gasteiger partial charge in [0.15, 0.2) is 0 Å². The van der Waals surface area contributed by atoms with Crippen molar-refractivity contribution >= 4 is 5.71 Å². The molecular formula is C16H11F5N2O3. The van der Waals surface area contributed by atoms with Crippen molar-refractivity contribution in [3.8, 4) is 17.0 Å². The largest absolute Gasteiger partial charge is 0.458 e. The molecule has 0 saturated carbocycles. The van der Waals surface area contributed by atoms with Gasteiger partial charge in [-0.05, 0) is 23.3 Å². The van der Waals surface area contributed by atoms with E-state index in [1.165, 1.54) is 42.6 Å². The number of aromatic nitrogens is 1. The van der Waals surface area contributed by atoms with Gasteiger partial charge in [-0.3, -0.25) is 0 Å². The molecule has 138 valence electrons. The van der Waals surface area contributed by atoms with E-state index in [4.69, 9.17) is 0 Å². The molecule has 0 saturated heterocycles. The fourth-order valence-corrected chi connectivity index (χ4v) is 2.36. The van der Waals surface area contributed by atoms with Crippen molar-refractivity contribution in [1.29, 1.82) is 0 Å². The second-order valence-electron chi connectivity index (χ2n) is 5.40. The van der Waals surface area contributed by atoms with Crippen LogP contribution >= 0.6 is 0 Å². The van der Waals surface area contributed by atoms with E-state index in [0.717, 1.165) is 0 Å². The number of hydrogen-bond donors (Lipinski definition) is 1. The smallest absolute Gasteiger partial charge is 0.416 e. The molecule has 10 heteroatoms. The highest BCUT2D eigenvalue weighted by molar-refractivity contribution is 6.01. The van der Waals surface area contributed by atoms with E-state index in [9.17, 15) is 27.1 Å². The molecule has 0 spiro atoms. The number of alkyl halides is 5. The molecule has 2 heterocycles. The summed E-state index contributed by atoms with van der Waals surface area (Å²) in [5.41, 5.74) is 0.944. The first kappa shape index (κ1) is 18.1. The highest BCUT2D eigenvalue weighted by Crippen LogP contribution is 2.39. The van der Waals surface area contributed by atoms with Gasteiger partial charge in [-0.1, -0.05) is 29.4 Å². The average Bonchev–Trinajstić information content (AvgIpc) is 2.99. The van der Waals surface area contributed by atoms with Gasteiger partial charge in [0, 0.05) is 11.8 Å². The molecule has 1 unspecified atom stereocenters. The third kappa shape index (κ3) is 3.45. The summed E-state index contributed by atoms with van der Waals surface area (Å²) in [7, 11) is 0. The number of hydrogen-bond acceptors (Lipinski definition) is 5. The van der Waals surface area contributed by atoms with Crippen LogP contribution in [-0.4, -0.2) is 34.4 Å². The Morgan fingerprint density at radius 3 is 2.35 bits per heavy atom. The highest BCUT2D eigenvalue weighted by Gasteiger charge is 2.60. The van der Waals surface area contributed by atoms with Gasteiger partial charge in [0.1, 0.15) is 0 Å². The molecule has 1 aliphatic heterocycles. The first-order chi connectivity index (χ1) is 12.2. The Labute approximate surface area is 143 Å². The molecule has 1 N–H and O–H groups in total. The van der Waals surface area contributed by atoms with Crippen molar-refractivity contribution in [2.24, 2.45) is 5.16 Å². The van der Waals surface area contributed by atoms with Crippen LogP contribution in [0.15, 0.2) is 47.8 Å². The average molecular weight is 374 g/mol. The number of ether oxygens (including phenoxy) is 1. The van der Waals surface area contributed by atoms with Crippen LogP contribution in [0.2, 0.25) is 0 Å². The molecule has 1 atom stereocenters. The highest BCUT2D eigenvalue weighted by atomic mass is 19.4. The van der Waals surface area contributed by atoms with Crippen molar-refractivity contribution in [2.75, 3.05) is 0 Å². The molecule has 0 bridgehead atoms. The summed E-state index contributed by atoms with van der Waals surface area (Å²) in [4.78, 5) is 7.89. The van der Waals surface area contributed by atoms with Crippen molar-refractivity contribution in [3.05, 3.63) is 48.2 Å². The Morgan fingerprint density at radius 2 is 1.77 bits per heavy atom. The van der Waals surface area contributed by atoms with Gasteiger partial charge in [-0.15, -0.1) is 0 Å². The third-order valence-electron chi connectivity index (χ3n) is 3.66. The van der Waals surface area contributed by atoms with Crippen LogP contribution in [0.25, 0.3) is 11.1 Å². The Bertz CT molecular complexity index is 823. The summed E-state index contributed by atoms with van der Waals surface area (Å²) in [5.74, 6) is -3.63. The van der Waals surface area contributed by atoms with Crippen molar-refractivity contribution in [2.45, 2.75) is 25.0 Å². The predicted molar refractivity (Wildman–Crippen MR) is 79.5 cm³/mol. The molecule has 2 aromatic rings. The SMILES string of the molecule is OC1(C(F)(F)F)CC(c2ccc(-c3cccnc3OC(F)F)cc2)=NO1. The maximum absolute atomic E-state index is 12.7. The van der Waals surface area contributed by atoms with E-state index in [0.29, 0.717) is 5.56 Å². The van der Waals surface area contributed by atoms with Crippen molar-refractivity contribution < 1.29 is 36.6 Å². The van der Waals surface area contributed by atoms with Gasteiger partial charge in [-0.2, -0.15) is 22.0 Å². The molecule has 3 rings (SSSR count). The lowest BCUT2D eigenvalue weighted by atomic mass is 9.99.